The highest BCUT2D eigenvalue weighted by Gasteiger charge is 2.44. The lowest BCUT2D eigenvalue weighted by Crippen LogP contribution is -2.54. The highest BCUT2D eigenvalue weighted by molar-refractivity contribution is 6.23. The van der Waals surface area contributed by atoms with Gasteiger partial charge in [0.15, 0.2) is 0 Å². The Kier molecular flexibility index (Phi) is 5.44. The zero-order chi connectivity index (χ0) is 20.5. The molecule has 9 heteroatoms. The van der Waals surface area contributed by atoms with E-state index in [2.05, 4.69) is 10.2 Å². The first kappa shape index (κ1) is 19.7. The number of benzene rings is 1. The summed E-state index contributed by atoms with van der Waals surface area (Å²) in [5, 5.41) is 2.20. The van der Waals surface area contributed by atoms with Crippen molar-refractivity contribution in [3.63, 3.8) is 0 Å². The predicted octanol–water partition coefficient (Wildman–Crippen LogP) is -0.363. The van der Waals surface area contributed by atoms with Crippen LogP contribution in [-0.2, 0) is 20.9 Å². The molecule has 0 aliphatic carbocycles. The van der Waals surface area contributed by atoms with Gasteiger partial charge < -0.3 is 10.5 Å². The Morgan fingerprint density at radius 1 is 1.14 bits per heavy atom. The number of ether oxygens (including phenoxy) is 1. The fraction of sp³-hybridized carbons (Fsp3) is 0.500. The summed E-state index contributed by atoms with van der Waals surface area (Å²) >= 11 is 0. The molecule has 2 unspecified atom stereocenters. The summed E-state index contributed by atoms with van der Waals surface area (Å²) in [7, 11) is 0. The lowest BCUT2D eigenvalue weighted by molar-refractivity contribution is -0.136. The largest absolute Gasteiger partial charge is 0.376 e. The molecule has 154 valence electrons. The number of amides is 4. The maximum absolute atomic E-state index is 12.9. The molecule has 3 aliphatic rings. The van der Waals surface area contributed by atoms with E-state index >= 15 is 0 Å². The molecule has 3 N–H and O–H groups in total. The molecule has 0 spiro atoms. The van der Waals surface area contributed by atoms with E-state index in [9.17, 15) is 19.2 Å². The first-order chi connectivity index (χ1) is 14.0. The van der Waals surface area contributed by atoms with Gasteiger partial charge in [-0.25, -0.2) is 0 Å². The number of rotatable bonds is 5. The lowest BCUT2D eigenvalue weighted by Gasteiger charge is -2.32. The van der Waals surface area contributed by atoms with E-state index in [0.717, 1.165) is 30.0 Å². The van der Waals surface area contributed by atoms with Crippen molar-refractivity contribution in [2.75, 3.05) is 26.2 Å². The third-order valence-electron chi connectivity index (χ3n) is 5.62. The molecule has 2 fully saturated rings. The second kappa shape index (κ2) is 8.02. The van der Waals surface area contributed by atoms with Crippen molar-refractivity contribution in [2.45, 2.75) is 38.0 Å². The van der Waals surface area contributed by atoms with Crippen LogP contribution >= 0.6 is 0 Å². The summed E-state index contributed by atoms with van der Waals surface area (Å²) < 4.78 is 5.70. The second-order valence-electron chi connectivity index (χ2n) is 7.63. The molecule has 1 aromatic rings. The zero-order valence-electron chi connectivity index (χ0n) is 16.1. The van der Waals surface area contributed by atoms with Crippen LogP contribution in [0.25, 0.3) is 0 Å². The van der Waals surface area contributed by atoms with Crippen molar-refractivity contribution < 1.29 is 23.9 Å². The SMILES string of the molecule is NCCC1CN(Cc2ccc3c(c2)C(=O)N(C2CCC(=O)NC2=O)C3=O)CCO1. The van der Waals surface area contributed by atoms with Crippen molar-refractivity contribution in [1.29, 1.82) is 0 Å². The molecule has 9 nitrogen and oxygen atoms in total. The molecule has 1 aromatic carbocycles. The highest BCUT2D eigenvalue weighted by atomic mass is 16.5. The van der Waals surface area contributed by atoms with Gasteiger partial charge >= 0.3 is 0 Å². The van der Waals surface area contributed by atoms with Crippen LogP contribution in [0, 0.1) is 0 Å². The first-order valence-corrected chi connectivity index (χ1v) is 9.86. The predicted molar refractivity (Wildman–Crippen MR) is 102 cm³/mol. The molecule has 29 heavy (non-hydrogen) atoms. The van der Waals surface area contributed by atoms with Gasteiger partial charge in [0.25, 0.3) is 11.8 Å². The number of nitrogens with zero attached hydrogens (tertiary/aromatic N) is 2. The number of fused-ring (bicyclic) bond motifs is 1. The maximum Gasteiger partial charge on any atom is 0.262 e. The van der Waals surface area contributed by atoms with Crippen LogP contribution in [0.5, 0.6) is 0 Å². The quantitative estimate of drug-likeness (QED) is 0.647. The Bertz CT molecular complexity index is 868. The fourth-order valence-corrected chi connectivity index (χ4v) is 4.16. The number of imide groups is 2. The monoisotopic (exact) mass is 400 g/mol. The van der Waals surface area contributed by atoms with E-state index in [-0.39, 0.29) is 24.9 Å². The Labute approximate surface area is 168 Å². The van der Waals surface area contributed by atoms with Crippen molar-refractivity contribution in [3.05, 3.63) is 34.9 Å². The third-order valence-corrected chi connectivity index (χ3v) is 5.62. The molecule has 0 saturated carbocycles. The first-order valence-electron chi connectivity index (χ1n) is 9.86. The average molecular weight is 400 g/mol. The summed E-state index contributed by atoms with van der Waals surface area (Å²) in [5.41, 5.74) is 7.15. The zero-order valence-corrected chi connectivity index (χ0v) is 16.1. The summed E-state index contributed by atoms with van der Waals surface area (Å²) in [6.07, 6.45) is 1.17. The number of carbonyl (C=O) groups excluding carboxylic acids is 4. The maximum atomic E-state index is 12.9. The van der Waals surface area contributed by atoms with Crippen LogP contribution in [0.3, 0.4) is 0 Å². The summed E-state index contributed by atoms with van der Waals surface area (Å²) in [4.78, 5) is 52.4. The summed E-state index contributed by atoms with van der Waals surface area (Å²) in [6.45, 7) is 3.40. The molecule has 2 saturated heterocycles. The molecule has 3 aliphatic heterocycles. The number of hydrogen-bond donors (Lipinski definition) is 2. The van der Waals surface area contributed by atoms with Gasteiger partial charge in [-0.15, -0.1) is 0 Å². The van der Waals surface area contributed by atoms with Crippen molar-refractivity contribution in [3.8, 4) is 0 Å². The molecular weight excluding hydrogens is 376 g/mol. The molecular formula is C20H24N4O5. The molecule has 4 amide bonds. The van der Waals surface area contributed by atoms with Crippen LogP contribution in [0.4, 0.5) is 0 Å². The molecule has 0 aromatic heterocycles. The second-order valence-corrected chi connectivity index (χ2v) is 7.63. The highest BCUT2D eigenvalue weighted by Crippen LogP contribution is 2.28. The number of hydrogen-bond acceptors (Lipinski definition) is 7. The summed E-state index contributed by atoms with van der Waals surface area (Å²) in [6, 6.07) is 4.27. The number of nitrogens with one attached hydrogen (secondary N) is 1. The standard InChI is InChI=1S/C20H24N4O5/c21-6-5-13-11-23(7-8-29-13)10-12-1-2-14-15(9-12)20(28)24(19(14)27)16-3-4-17(25)22-18(16)26/h1-2,9,13,16H,3-8,10-11,21H2,(H,22,25,26). The van der Waals surface area contributed by atoms with E-state index in [1.807, 2.05) is 6.07 Å². The minimum atomic E-state index is -0.945. The van der Waals surface area contributed by atoms with Gasteiger partial charge in [-0.3, -0.25) is 34.3 Å². The Morgan fingerprint density at radius 3 is 2.69 bits per heavy atom. The molecule has 0 bridgehead atoms. The summed E-state index contributed by atoms with van der Waals surface area (Å²) in [5.74, 6) is -1.95. The van der Waals surface area contributed by atoms with Gasteiger partial charge in [0.05, 0.1) is 23.8 Å². The van der Waals surface area contributed by atoms with E-state index in [1.165, 1.54) is 0 Å². The fourth-order valence-electron chi connectivity index (χ4n) is 4.16. The Balaban J connectivity index is 1.50. The van der Waals surface area contributed by atoms with E-state index in [0.29, 0.717) is 30.8 Å². The van der Waals surface area contributed by atoms with Crippen LogP contribution < -0.4 is 11.1 Å². The molecule has 4 rings (SSSR count). The number of piperidine rings is 1. The van der Waals surface area contributed by atoms with Crippen LogP contribution in [-0.4, -0.2) is 71.8 Å². The van der Waals surface area contributed by atoms with E-state index < -0.39 is 23.8 Å². The Hall–Kier alpha value is -2.62. The van der Waals surface area contributed by atoms with Gasteiger partial charge in [-0.05, 0) is 37.1 Å². The molecule has 2 atom stereocenters. The Morgan fingerprint density at radius 2 is 1.93 bits per heavy atom. The lowest BCUT2D eigenvalue weighted by atomic mass is 10.0. The molecule has 3 heterocycles. The van der Waals surface area contributed by atoms with Gasteiger partial charge in [-0.2, -0.15) is 0 Å². The third kappa shape index (κ3) is 3.81. The van der Waals surface area contributed by atoms with Gasteiger partial charge in [-0.1, -0.05) is 6.07 Å². The van der Waals surface area contributed by atoms with Crippen molar-refractivity contribution in [1.82, 2.24) is 15.1 Å². The normalized spacial score (nSPS) is 25.3. The van der Waals surface area contributed by atoms with Crippen molar-refractivity contribution >= 4 is 23.6 Å². The molecule has 0 radical (unpaired) electrons. The average Bonchev–Trinajstić information content (AvgIpc) is 2.93. The smallest absolute Gasteiger partial charge is 0.262 e. The van der Waals surface area contributed by atoms with E-state index in [1.54, 1.807) is 12.1 Å². The minimum Gasteiger partial charge on any atom is -0.376 e. The number of carbonyl (C=O) groups is 4. The van der Waals surface area contributed by atoms with Gasteiger partial charge in [0, 0.05) is 26.1 Å². The minimum absolute atomic E-state index is 0.106. The van der Waals surface area contributed by atoms with Crippen LogP contribution in [0.2, 0.25) is 0 Å². The topological polar surface area (TPSA) is 122 Å². The number of nitrogens with two attached hydrogens (primary N) is 1. The van der Waals surface area contributed by atoms with Gasteiger partial charge in [0.1, 0.15) is 6.04 Å². The van der Waals surface area contributed by atoms with Gasteiger partial charge in [0.2, 0.25) is 11.8 Å². The van der Waals surface area contributed by atoms with Crippen LogP contribution in [0.15, 0.2) is 18.2 Å². The van der Waals surface area contributed by atoms with Crippen molar-refractivity contribution in [2.24, 2.45) is 5.73 Å². The van der Waals surface area contributed by atoms with Crippen LogP contribution in [0.1, 0.15) is 45.5 Å². The van der Waals surface area contributed by atoms with E-state index in [4.69, 9.17) is 10.5 Å². The number of morpholine rings is 1.